The number of carbonyl (C=O) groups is 1. The first-order valence-corrected chi connectivity index (χ1v) is 11.5. The van der Waals surface area contributed by atoms with Gasteiger partial charge in [0, 0.05) is 22.4 Å². The Morgan fingerprint density at radius 3 is 2.73 bits per heavy atom. The van der Waals surface area contributed by atoms with Crippen LogP contribution in [-0.2, 0) is 11.3 Å². The van der Waals surface area contributed by atoms with E-state index in [1.807, 2.05) is 47.6 Å². The van der Waals surface area contributed by atoms with Crippen LogP contribution in [0.1, 0.15) is 23.9 Å². The topological polar surface area (TPSA) is 74.5 Å². The number of amides is 1. The van der Waals surface area contributed by atoms with Gasteiger partial charge in [0.15, 0.2) is 0 Å². The average molecular weight is 502 g/mol. The SMILES string of the molecule is O=C1C2CC(c3cccc4ccccc34)NN2C=CN1Cc1nc(-c2ccc(Br)cc2)no1. The highest BCUT2D eigenvalue weighted by molar-refractivity contribution is 9.10. The maximum atomic E-state index is 13.3. The Morgan fingerprint density at radius 2 is 1.85 bits per heavy atom. The second-order valence-electron chi connectivity index (χ2n) is 8.19. The molecule has 0 spiro atoms. The van der Waals surface area contributed by atoms with E-state index in [0.29, 0.717) is 18.1 Å². The van der Waals surface area contributed by atoms with Crippen molar-refractivity contribution in [1.82, 2.24) is 25.5 Å². The van der Waals surface area contributed by atoms with Gasteiger partial charge < -0.3 is 14.4 Å². The first-order valence-electron chi connectivity index (χ1n) is 10.8. The highest BCUT2D eigenvalue weighted by Crippen LogP contribution is 2.34. The normalized spacial score (nSPS) is 20.0. The summed E-state index contributed by atoms with van der Waals surface area (Å²) in [6, 6.07) is 22.1. The second kappa shape index (κ2) is 8.13. The molecule has 164 valence electrons. The van der Waals surface area contributed by atoms with Crippen LogP contribution in [0.15, 0.2) is 88.1 Å². The number of hydrogen-bond donors (Lipinski definition) is 1. The predicted octanol–water partition coefficient (Wildman–Crippen LogP) is 4.79. The summed E-state index contributed by atoms with van der Waals surface area (Å²) in [5.41, 5.74) is 5.55. The summed E-state index contributed by atoms with van der Waals surface area (Å²) < 4.78 is 6.40. The third kappa shape index (κ3) is 3.71. The minimum absolute atomic E-state index is 0.0103. The molecule has 3 heterocycles. The van der Waals surface area contributed by atoms with Gasteiger partial charge in [0.05, 0.1) is 6.04 Å². The number of benzene rings is 3. The summed E-state index contributed by atoms with van der Waals surface area (Å²) in [6.45, 7) is 0.238. The summed E-state index contributed by atoms with van der Waals surface area (Å²) in [5, 5.41) is 8.38. The van der Waals surface area contributed by atoms with Crippen LogP contribution in [0, 0.1) is 0 Å². The predicted molar refractivity (Wildman–Crippen MR) is 127 cm³/mol. The van der Waals surface area contributed by atoms with Gasteiger partial charge in [-0.05, 0) is 47.0 Å². The number of hydrazine groups is 1. The summed E-state index contributed by atoms with van der Waals surface area (Å²) in [6.07, 6.45) is 4.35. The van der Waals surface area contributed by atoms with Crippen LogP contribution in [0.3, 0.4) is 0 Å². The molecule has 0 aliphatic carbocycles. The summed E-state index contributed by atoms with van der Waals surface area (Å²) in [4.78, 5) is 19.4. The summed E-state index contributed by atoms with van der Waals surface area (Å²) in [5.74, 6) is 0.915. The molecule has 8 heteroatoms. The Hall–Kier alpha value is -3.49. The lowest BCUT2D eigenvalue weighted by atomic mass is 9.95. The second-order valence-corrected chi connectivity index (χ2v) is 9.11. The van der Waals surface area contributed by atoms with Crippen molar-refractivity contribution in [2.24, 2.45) is 0 Å². The number of rotatable bonds is 4. The number of hydrogen-bond acceptors (Lipinski definition) is 6. The maximum Gasteiger partial charge on any atom is 0.251 e. The highest BCUT2D eigenvalue weighted by atomic mass is 79.9. The molecule has 2 aliphatic rings. The van der Waals surface area contributed by atoms with Crippen molar-refractivity contribution in [2.45, 2.75) is 25.0 Å². The minimum atomic E-state index is -0.284. The molecule has 2 atom stereocenters. The van der Waals surface area contributed by atoms with Crippen molar-refractivity contribution in [3.8, 4) is 11.4 Å². The van der Waals surface area contributed by atoms with Crippen molar-refractivity contribution in [1.29, 1.82) is 0 Å². The lowest BCUT2D eigenvalue weighted by Gasteiger charge is -2.30. The van der Waals surface area contributed by atoms with E-state index in [9.17, 15) is 4.79 Å². The molecule has 0 saturated carbocycles. The maximum absolute atomic E-state index is 13.3. The molecule has 1 fully saturated rings. The van der Waals surface area contributed by atoms with E-state index in [1.54, 1.807) is 11.1 Å². The lowest BCUT2D eigenvalue weighted by molar-refractivity contribution is -0.135. The van der Waals surface area contributed by atoms with E-state index in [0.717, 1.165) is 10.0 Å². The van der Waals surface area contributed by atoms with Gasteiger partial charge in [-0.3, -0.25) is 4.79 Å². The fraction of sp³-hybridized carbons (Fsp3) is 0.160. The zero-order valence-corrected chi connectivity index (χ0v) is 19.1. The van der Waals surface area contributed by atoms with E-state index >= 15 is 0 Å². The molecule has 1 N–H and O–H groups in total. The fourth-order valence-electron chi connectivity index (χ4n) is 4.51. The van der Waals surface area contributed by atoms with Crippen LogP contribution in [0.2, 0.25) is 0 Å². The van der Waals surface area contributed by atoms with Crippen molar-refractivity contribution >= 4 is 32.6 Å². The molecular formula is C25H20BrN5O2. The number of halogens is 1. The average Bonchev–Trinajstić information content (AvgIpc) is 3.49. The summed E-state index contributed by atoms with van der Waals surface area (Å²) in [7, 11) is 0. The molecule has 33 heavy (non-hydrogen) atoms. The van der Waals surface area contributed by atoms with Crippen molar-refractivity contribution in [3.05, 3.63) is 95.1 Å². The highest BCUT2D eigenvalue weighted by Gasteiger charge is 2.40. The van der Waals surface area contributed by atoms with Gasteiger partial charge in [0.2, 0.25) is 11.7 Å². The largest absolute Gasteiger partial charge is 0.337 e. The Balaban J connectivity index is 1.19. The first kappa shape index (κ1) is 20.1. The Kier molecular flexibility index (Phi) is 4.96. The van der Waals surface area contributed by atoms with Crippen molar-refractivity contribution in [3.63, 3.8) is 0 Å². The van der Waals surface area contributed by atoms with Gasteiger partial charge in [-0.1, -0.05) is 63.6 Å². The zero-order valence-electron chi connectivity index (χ0n) is 17.6. The van der Waals surface area contributed by atoms with E-state index in [-0.39, 0.29) is 24.5 Å². The van der Waals surface area contributed by atoms with Crippen LogP contribution in [0.4, 0.5) is 0 Å². The van der Waals surface area contributed by atoms with Gasteiger partial charge in [0.25, 0.3) is 5.91 Å². The lowest BCUT2D eigenvalue weighted by Crippen LogP contribution is -2.47. The molecule has 1 saturated heterocycles. The third-order valence-electron chi connectivity index (χ3n) is 6.15. The molecule has 2 unspecified atom stereocenters. The number of carbonyl (C=O) groups excluding carboxylic acids is 1. The van der Waals surface area contributed by atoms with E-state index in [2.05, 4.69) is 61.8 Å². The molecule has 3 aromatic carbocycles. The third-order valence-corrected chi connectivity index (χ3v) is 6.68. The van der Waals surface area contributed by atoms with Gasteiger partial charge in [0.1, 0.15) is 12.6 Å². The van der Waals surface area contributed by atoms with Crippen LogP contribution in [0.5, 0.6) is 0 Å². The molecule has 4 aromatic rings. The Bertz CT molecular complexity index is 1360. The smallest absolute Gasteiger partial charge is 0.251 e. The van der Waals surface area contributed by atoms with Crippen LogP contribution < -0.4 is 5.43 Å². The molecule has 0 bridgehead atoms. The first-order chi connectivity index (χ1) is 16.2. The molecule has 7 nitrogen and oxygen atoms in total. The molecule has 2 aliphatic heterocycles. The van der Waals surface area contributed by atoms with E-state index < -0.39 is 0 Å². The zero-order chi connectivity index (χ0) is 22.4. The number of fused-ring (bicyclic) bond motifs is 2. The Morgan fingerprint density at radius 1 is 1.03 bits per heavy atom. The summed E-state index contributed by atoms with van der Waals surface area (Å²) >= 11 is 3.42. The van der Waals surface area contributed by atoms with Gasteiger partial charge in [-0.15, -0.1) is 0 Å². The minimum Gasteiger partial charge on any atom is -0.337 e. The monoisotopic (exact) mass is 501 g/mol. The van der Waals surface area contributed by atoms with E-state index in [4.69, 9.17) is 4.52 Å². The van der Waals surface area contributed by atoms with Crippen LogP contribution in [-0.4, -0.2) is 32.0 Å². The molecular weight excluding hydrogens is 482 g/mol. The molecule has 0 radical (unpaired) electrons. The molecule has 1 aromatic heterocycles. The number of nitrogens with one attached hydrogen (secondary N) is 1. The molecule has 1 amide bonds. The van der Waals surface area contributed by atoms with Crippen molar-refractivity contribution in [2.75, 3.05) is 0 Å². The Labute approximate surface area is 198 Å². The van der Waals surface area contributed by atoms with E-state index in [1.165, 1.54) is 16.3 Å². The van der Waals surface area contributed by atoms with Gasteiger partial charge in [-0.2, -0.15) is 4.98 Å². The fourth-order valence-corrected chi connectivity index (χ4v) is 4.77. The van der Waals surface area contributed by atoms with Crippen molar-refractivity contribution < 1.29 is 9.32 Å². The standard InChI is InChI=1S/C25H20BrN5O2/c26-18-10-8-17(9-11-18)24-27-23(33-29-24)15-30-12-13-31-22(25(30)32)14-21(28-31)20-7-3-5-16-4-1-2-6-19(16)20/h1-13,21-22,28H,14-15H2. The number of nitrogens with zero attached hydrogens (tertiary/aromatic N) is 4. The van der Waals surface area contributed by atoms with Gasteiger partial charge in [-0.25, -0.2) is 5.43 Å². The van der Waals surface area contributed by atoms with Gasteiger partial charge >= 0.3 is 0 Å². The molecule has 6 rings (SSSR count). The van der Waals surface area contributed by atoms with Crippen LogP contribution >= 0.6 is 15.9 Å². The number of aromatic nitrogens is 2. The van der Waals surface area contributed by atoms with Crippen LogP contribution in [0.25, 0.3) is 22.2 Å². The quantitative estimate of drug-likeness (QED) is 0.433.